The van der Waals surface area contributed by atoms with Crippen LogP contribution in [0.3, 0.4) is 0 Å². The number of ether oxygens (including phenoxy) is 2. The number of rotatable bonds is 14. The fourth-order valence-electron chi connectivity index (χ4n) is 4.31. The Morgan fingerprint density at radius 1 is 1.12 bits per heavy atom. The van der Waals surface area contributed by atoms with Crippen LogP contribution in [0.5, 0.6) is 11.5 Å². The molecule has 2 aliphatic rings. The van der Waals surface area contributed by atoms with Gasteiger partial charge in [0, 0.05) is 23.7 Å². The number of hydrogen-bond donors (Lipinski definition) is 3. The molecule has 2 fully saturated rings. The second-order valence-electron chi connectivity index (χ2n) is 10.6. The third kappa shape index (κ3) is 7.64. The number of oxazole rings is 1. The van der Waals surface area contributed by atoms with E-state index in [1.54, 1.807) is 0 Å². The van der Waals surface area contributed by atoms with Gasteiger partial charge in [0.2, 0.25) is 15.9 Å². The van der Waals surface area contributed by atoms with Crippen molar-refractivity contribution in [2.24, 2.45) is 11.7 Å². The van der Waals surface area contributed by atoms with Crippen molar-refractivity contribution in [3.63, 3.8) is 0 Å². The summed E-state index contributed by atoms with van der Waals surface area (Å²) < 4.78 is 97.6. The molecule has 0 unspecified atom stereocenters. The molecule has 1 heterocycles. The third-order valence-electron chi connectivity index (χ3n) is 6.96. The van der Waals surface area contributed by atoms with Crippen molar-refractivity contribution in [3.8, 4) is 23.0 Å². The Bertz CT molecular complexity index is 1590. The minimum Gasteiger partial charge on any atom is -0.489 e. The highest BCUT2D eigenvalue weighted by Crippen LogP contribution is 2.37. The van der Waals surface area contributed by atoms with Crippen LogP contribution >= 0.6 is 0 Å². The SMILES string of the molecule is C[C@H](N)c1oc(-c2ccc(OC(F)F)c(OCC3CC3)c2)nc1C(=O)N[C@H](CNS(=O)(=O)C1CC1)c1ccc(F)cc1F. The molecule has 2 aromatic carbocycles. The zero-order valence-electron chi connectivity index (χ0n) is 23.0. The molecule has 5 rings (SSSR count). The van der Waals surface area contributed by atoms with Crippen LogP contribution in [0.25, 0.3) is 11.5 Å². The Balaban J connectivity index is 1.43. The molecule has 10 nitrogen and oxygen atoms in total. The van der Waals surface area contributed by atoms with E-state index in [0.29, 0.717) is 31.4 Å². The maximum atomic E-state index is 14.8. The van der Waals surface area contributed by atoms with Crippen LogP contribution in [-0.4, -0.2) is 44.3 Å². The van der Waals surface area contributed by atoms with E-state index in [2.05, 4.69) is 19.8 Å². The largest absolute Gasteiger partial charge is 0.489 e. The molecule has 2 saturated carbocycles. The van der Waals surface area contributed by atoms with E-state index in [4.69, 9.17) is 14.9 Å². The molecule has 0 spiro atoms. The number of nitrogens with one attached hydrogen (secondary N) is 2. The number of halogens is 4. The first kappa shape index (κ1) is 30.8. The molecule has 1 aromatic heterocycles. The Morgan fingerprint density at radius 3 is 2.49 bits per heavy atom. The first-order chi connectivity index (χ1) is 20.4. The van der Waals surface area contributed by atoms with Gasteiger partial charge in [0.1, 0.15) is 11.6 Å². The molecule has 3 aromatic rings. The summed E-state index contributed by atoms with van der Waals surface area (Å²) in [6.45, 7) is -1.66. The van der Waals surface area contributed by atoms with Crippen LogP contribution in [0.2, 0.25) is 0 Å². The predicted molar refractivity (Wildman–Crippen MR) is 146 cm³/mol. The molecule has 2 atom stereocenters. The highest BCUT2D eigenvalue weighted by atomic mass is 32.2. The average molecular weight is 627 g/mol. The number of sulfonamides is 1. The Kier molecular flexibility index (Phi) is 8.94. The molecule has 43 heavy (non-hydrogen) atoms. The predicted octanol–water partition coefficient (Wildman–Crippen LogP) is 4.58. The van der Waals surface area contributed by atoms with Crippen LogP contribution in [0.1, 0.15) is 66.5 Å². The molecular weight excluding hydrogens is 596 g/mol. The number of aromatic nitrogens is 1. The van der Waals surface area contributed by atoms with Gasteiger partial charge < -0.3 is 24.9 Å². The Labute approximate surface area is 245 Å². The van der Waals surface area contributed by atoms with E-state index in [-0.39, 0.29) is 40.0 Å². The summed E-state index contributed by atoms with van der Waals surface area (Å²) in [5, 5.41) is 1.98. The molecule has 15 heteroatoms. The maximum Gasteiger partial charge on any atom is 0.387 e. The number of benzene rings is 2. The van der Waals surface area contributed by atoms with Crippen molar-refractivity contribution in [3.05, 3.63) is 65.1 Å². The Morgan fingerprint density at radius 2 is 1.86 bits per heavy atom. The van der Waals surface area contributed by atoms with Crippen molar-refractivity contribution >= 4 is 15.9 Å². The van der Waals surface area contributed by atoms with E-state index in [1.165, 1.54) is 25.1 Å². The van der Waals surface area contributed by atoms with Crippen LogP contribution < -0.4 is 25.2 Å². The molecule has 0 saturated heterocycles. The molecule has 0 radical (unpaired) electrons. The van der Waals surface area contributed by atoms with Crippen LogP contribution in [0.4, 0.5) is 17.6 Å². The summed E-state index contributed by atoms with van der Waals surface area (Å²) in [5.41, 5.74) is 5.89. The molecule has 4 N–H and O–H groups in total. The third-order valence-corrected chi connectivity index (χ3v) is 8.87. The maximum absolute atomic E-state index is 14.8. The van der Waals surface area contributed by atoms with Gasteiger partial charge in [0.25, 0.3) is 5.91 Å². The van der Waals surface area contributed by atoms with Crippen molar-refractivity contribution in [1.29, 1.82) is 0 Å². The number of amides is 1. The van der Waals surface area contributed by atoms with Gasteiger partial charge in [0.05, 0.1) is 23.9 Å². The van der Waals surface area contributed by atoms with E-state index >= 15 is 0 Å². The minimum atomic E-state index is -3.71. The molecule has 1 amide bonds. The fourth-order valence-corrected chi connectivity index (χ4v) is 5.70. The van der Waals surface area contributed by atoms with E-state index in [0.717, 1.165) is 25.0 Å². The monoisotopic (exact) mass is 626 g/mol. The van der Waals surface area contributed by atoms with Gasteiger partial charge in [-0.25, -0.2) is 26.9 Å². The zero-order chi connectivity index (χ0) is 30.9. The number of nitrogens with zero attached hydrogens (tertiary/aromatic N) is 1. The fraction of sp³-hybridized carbons (Fsp3) is 0.429. The van der Waals surface area contributed by atoms with Gasteiger partial charge >= 0.3 is 6.61 Å². The second-order valence-corrected chi connectivity index (χ2v) is 12.6. The minimum absolute atomic E-state index is 0.0334. The lowest BCUT2D eigenvalue weighted by Crippen LogP contribution is -2.39. The smallest absolute Gasteiger partial charge is 0.387 e. The number of alkyl halides is 2. The lowest BCUT2D eigenvalue weighted by molar-refractivity contribution is -0.0515. The molecule has 0 aliphatic heterocycles. The first-order valence-electron chi connectivity index (χ1n) is 13.6. The average Bonchev–Trinajstić information content (AvgIpc) is 3.88. The van der Waals surface area contributed by atoms with Crippen molar-refractivity contribution in [2.45, 2.75) is 56.6 Å². The quantitative estimate of drug-likeness (QED) is 0.221. The van der Waals surface area contributed by atoms with E-state index in [1.807, 2.05) is 0 Å². The van der Waals surface area contributed by atoms with Crippen molar-refractivity contribution in [2.75, 3.05) is 13.2 Å². The number of carbonyl (C=O) groups is 1. The highest BCUT2D eigenvalue weighted by molar-refractivity contribution is 7.90. The molecular formula is C28H30F4N4O6S. The lowest BCUT2D eigenvalue weighted by Gasteiger charge is -2.20. The van der Waals surface area contributed by atoms with Crippen LogP contribution in [0.15, 0.2) is 40.8 Å². The van der Waals surface area contributed by atoms with Crippen molar-refractivity contribution < 1.29 is 44.7 Å². The van der Waals surface area contributed by atoms with Gasteiger partial charge in [-0.3, -0.25) is 4.79 Å². The van der Waals surface area contributed by atoms with Crippen LogP contribution in [-0.2, 0) is 10.0 Å². The van der Waals surface area contributed by atoms with Gasteiger partial charge in [-0.15, -0.1) is 0 Å². The standard InChI is InChI=1S/C28H30F4N4O6S/c1-14(33)25-24(36-27(42-25)16-4-9-22(41-28(31)32)23(10-16)40-13-15-2-3-15)26(37)35-21(12-34-43(38,39)18-6-7-18)19-8-5-17(29)11-20(19)30/h4-5,8-11,14-15,18,21,28,34H,2-3,6-7,12-13,33H2,1H3,(H,35,37)/t14-,21+/m0/s1. The normalized spacial score (nSPS) is 16.6. The summed E-state index contributed by atoms with van der Waals surface area (Å²) >= 11 is 0. The summed E-state index contributed by atoms with van der Waals surface area (Å²) in [6, 6.07) is 4.66. The Hall–Kier alpha value is -3.69. The van der Waals surface area contributed by atoms with Crippen molar-refractivity contribution in [1.82, 2.24) is 15.0 Å². The van der Waals surface area contributed by atoms with E-state index < -0.39 is 58.1 Å². The second kappa shape index (κ2) is 12.5. The van der Waals surface area contributed by atoms with Crippen LogP contribution in [0, 0.1) is 17.6 Å². The van der Waals surface area contributed by atoms with Gasteiger partial charge in [-0.2, -0.15) is 8.78 Å². The number of carbonyl (C=O) groups excluding carboxylic acids is 1. The summed E-state index contributed by atoms with van der Waals surface area (Å²) in [5.74, 6) is -2.68. The van der Waals surface area contributed by atoms with Gasteiger partial charge in [0.15, 0.2) is 23.0 Å². The molecule has 0 bridgehead atoms. The summed E-state index contributed by atoms with van der Waals surface area (Å²) in [4.78, 5) is 17.8. The molecule has 232 valence electrons. The first-order valence-corrected chi connectivity index (χ1v) is 15.2. The zero-order valence-corrected chi connectivity index (χ0v) is 23.8. The van der Waals surface area contributed by atoms with Gasteiger partial charge in [-0.1, -0.05) is 6.07 Å². The van der Waals surface area contributed by atoms with E-state index in [9.17, 15) is 30.8 Å². The summed E-state index contributed by atoms with van der Waals surface area (Å²) in [6.07, 6.45) is 2.90. The summed E-state index contributed by atoms with van der Waals surface area (Å²) in [7, 11) is -3.71. The lowest BCUT2D eigenvalue weighted by atomic mass is 10.1. The number of hydrogen-bond acceptors (Lipinski definition) is 8. The van der Waals surface area contributed by atoms with Gasteiger partial charge in [-0.05, 0) is 62.8 Å². The topological polar surface area (TPSA) is 146 Å². The highest BCUT2D eigenvalue weighted by Gasteiger charge is 2.36. The number of nitrogens with two attached hydrogens (primary N) is 1. The molecule has 2 aliphatic carbocycles.